The Kier molecular flexibility index (Phi) is 3.18. The molecule has 1 N–H and O–H groups in total. The molecule has 0 atom stereocenters. The minimum Gasteiger partial charge on any atom is -0.490 e. The van der Waals surface area contributed by atoms with Crippen LogP contribution < -0.4 is 10.1 Å². The molecule has 3 rings (SSSR count). The van der Waals surface area contributed by atoms with E-state index in [9.17, 15) is 0 Å². The highest BCUT2D eigenvalue weighted by molar-refractivity contribution is 5.56. The number of hydrogen-bond acceptors (Lipinski definition) is 3. The maximum atomic E-state index is 6.00. The molecule has 1 aromatic rings. The normalized spacial score (nSPS) is 20.5. The van der Waals surface area contributed by atoms with Crippen molar-refractivity contribution in [1.82, 2.24) is 0 Å². The van der Waals surface area contributed by atoms with E-state index in [4.69, 9.17) is 9.47 Å². The Morgan fingerprint density at radius 2 is 2.12 bits per heavy atom. The van der Waals surface area contributed by atoms with E-state index in [1.165, 1.54) is 24.1 Å². The summed E-state index contributed by atoms with van der Waals surface area (Å²) in [6.45, 7) is 2.73. The summed E-state index contributed by atoms with van der Waals surface area (Å²) in [5.74, 6) is 0.991. The van der Waals surface area contributed by atoms with E-state index in [2.05, 4.69) is 23.5 Å². The van der Waals surface area contributed by atoms with Crippen molar-refractivity contribution in [1.29, 1.82) is 0 Å². The highest BCUT2D eigenvalue weighted by Gasteiger charge is 2.16. The predicted octanol–water partition coefficient (Wildman–Crippen LogP) is 2.60. The second-order valence-corrected chi connectivity index (χ2v) is 4.78. The Labute approximate surface area is 102 Å². The predicted molar refractivity (Wildman–Crippen MR) is 67.7 cm³/mol. The molecule has 0 spiro atoms. The third kappa shape index (κ3) is 2.55. The number of nitrogens with one attached hydrogen (secondary N) is 1. The van der Waals surface area contributed by atoms with Gasteiger partial charge in [0.25, 0.3) is 0 Å². The molecule has 2 aliphatic rings. The van der Waals surface area contributed by atoms with Gasteiger partial charge in [0.15, 0.2) is 0 Å². The minimum atomic E-state index is 0.324. The van der Waals surface area contributed by atoms with Gasteiger partial charge in [-0.05, 0) is 24.5 Å². The van der Waals surface area contributed by atoms with Gasteiger partial charge in [-0.3, -0.25) is 0 Å². The third-order valence-electron chi connectivity index (χ3n) is 3.49. The number of aryl methyl sites for hydroxylation is 1. The van der Waals surface area contributed by atoms with Gasteiger partial charge in [0.1, 0.15) is 11.9 Å². The molecule has 92 valence electrons. The van der Waals surface area contributed by atoms with Gasteiger partial charge < -0.3 is 14.8 Å². The lowest BCUT2D eigenvalue weighted by molar-refractivity contribution is 0.0256. The summed E-state index contributed by atoms with van der Waals surface area (Å²) in [5, 5.41) is 3.44. The van der Waals surface area contributed by atoms with Gasteiger partial charge in [-0.1, -0.05) is 6.07 Å². The number of fused-ring (bicyclic) bond motifs is 1. The van der Waals surface area contributed by atoms with Gasteiger partial charge in [-0.15, -0.1) is 0 Å². The highest BCUT2D eigenvalue weighted by Crippen LogP contribution is 2.28. The fourth-order valence-electron chi connectivity index (χ4n) is 2.50. The molecule has 0 aromatic heterocycles. The van der Waals surface area contributed by atoms with E-state index in [1.807, 2.05) is 0 Å². The maximum absolute atomic E-state index is 6.00. The van der Waals surface area contributed by atoms with Crippen LogP contribution in [0.2, 0.25) is 0 Å². The minimum absolute atomic E-state index is 0.324. The van der Waals surface area contributed by atoms with E-state index in [0.29, 0.717) is 6.10 Å². The van der Waals surface area contributed by atoms with Crippen LogP contribution in [0, 0.1) is 0 Å². The van der Waals surface area contributed by atoms with Gasteiger partial charge >= 0.3 is 0 Å². The molecule has 0 bridgehead atoms. The average molecular weight is 233 g/mol. The van der Waals surface area contributed by atoms with Crippen molar-refractivity contribution in [2.24, 2.45) is 0 Å². The van der Waals surface area contributed by atoms with E-state index in [0.717, 1.165) is 38.3 Å². The zero-order valence-electron chi connectivity index (χ0n) is 10.1. The van der Waals surface area contributed by atoms with E-state index in [1.54, 1.807) is 0 Å². The lowest BCUT2D eigenvalue weighted by Crippen LogP contribution is -2.26. The summed E-state index contributed by atoms with van der Waals surface area (Å²) < 4.78 is 11.3. The lowest BCUT2D eigenvalue weighted by atomic mass is 10.0. The molecule has 0 aliphatic carbocycles. The first kappa shape index (κ1) is 10.9. The summed E-state index contributed by atoms with van der Waals surface area (Å²) in [5.41, 5.74) is 2.66. The van der Waals surface area contributed by atoms with E-state index in [-0.39, 0.29) is 0 Å². The Hall–Kier alpha value is -1.22. The zero-order chi connectivity index (χ0) is 11.5. The number of rotatable bonds is 2. The summed E-state index contributed by atoms with van der Waals surface area (Å²) in [6.07, 6.45) is 4.74. The largest absolute Gasteiger partial charge is 0.490 e. The summed E-state index contributed by atoms with van der Waals surface area (Å²) in [6, 6.07) is 6.43. The lowest BCUT2D eigenvalue weighted by Gasteiger charge is -2.24. The molecule has 1 saturated heterocycles. The molecule has 2 aliphatic heterocycles. The number of ether oxygens (including phenoxy) is 2. The standard InChI is InChI=1S/C14H19NO2/c1-2-11-3-4-13(10-14(11)15-7-1)17-12-5-8-16-9-6-12/h3-4,10,12,15H,1-2,5-9H2. The van der Waals surface area contributed by atoms with Gasteiger partial charge in [-0.25, -0.2) is 0 Å². The molecule has 1 fully saturated rings. The molecule has 0 unspecified atom stereocenters. The van der Waals surface area contributed by atoms with Gasteiger partial charge in [-0.2, -0.15) is 0 Å². The van der Waals surface area contributed by atoms with Crippen LogP contribution in [0.4, 0.5) is 5.69 Å². The number of anilines is 1. The Morgan fingerprint density at radius 3 is 3.00 bits per heavy atom. The van der Waals surface area contributed by atoms with Crippen molar-refractivity contribution in [2.45, 2.75) is 31.8 Å². The van der Waals surface area contributed by atoms with E-state index < -0.39 is 0 Å². The molecule has 1 aromatic carbocycles. The van der Waals surface area contributed by atoms with Gasteiger partial charge in [0, 0.05) is 31.1 Å². The number of benzene rings is 1. The van der Waals surface area contributed by atoms with E-state index >= 15 is 0 Å². The summed E-state index contributed by atoms with van der Waals surface area (Å²) in [4.78, 5) is 0. The quantitative estimate of drug-likeness (QED) is 0.851. The van der Waals surface area contributed by atoms with Crippen molar-refractivity contribution in [3.63, 3.8) is 0 Å². The fraction of sp³-hybridized carbons (Fsp3) is 0.571. The van der Waals surface area contributed by atoms with Gasteiger partial charge in [0.2, 0.25) is 0 Å². The summed E-state index contributed by atoms with van der Waals surface area (Å²) >= 11 is 0. The highest BCUT2D eigenvalue weighted by atomic mass is 16.5. The van der Waals surface area contributed by atoms with Crippen LogP contribution in [-0.4, -0.2) is 25.9 Å². The Bertz CT molecular complexity index is 386. The second-order valence-electron chi connectivity index (χ2n) is 4.78. The van der Waals surface area contributed by atoms with Gasteiger partial charge in [0.05, 0.1) is 13.2 Å². The maximum Gasteiger partial charge on any atom is 0.121 e. The molecular weight excluding hydrogens is 214 g/mol. The molecule has 17 heavy (non-hydrogen) atoms. The van der Waals surface area contributed by atoms with Crippen LogP contribution in [-0.2, 0) is 11.2 Å². The molecule has 0 amide bonds. The molecule has 2 heterocycles. The molecule has 0 saturated carbocycles. The molecular formula is C14H19NO2. The fourth-order valence-corrected chi connectivity index (χ4v) is 2.50. The topological polar surface area (TPSA) is 30.5 Å². The van der Waals surface area contributed by atoms with Crippen molar-refractivity contribution >= 4 is 5.69 Å². The molecule has 3 nitrogen and oxygen atoms in total. The van der Waals surface area contributed by atoms with Crippen LogP contribution >= 0.6 is 0 Å². The first-order valence-electron chi connectivity index (χ1n) is 6.53. The van der Waals surface area contributed by atoms with Crippen molar-refractivity contribution in [3.8, 4) is 5.75 Å². The second kappa shape index (κ2) is 4.96. The Morgan fingerprint density at radius 1 is 1.24 bits per heavy atom. The molecule has 0 radical (unpaired) electrons. The SMILES string of the molecule is c1cc2c(cc1OC1CCOCC1)NCCC2. The average Bonchev–Trinajstić information content (AvgIpc) is 2.40. The first-order chi connectivity index (χ1) is 8.42. The van der Waals surface area contributed by atoms with Crippen LogP contribution in [0.3, 0.4) is 0 Å². The van der Waals surface area contributed by atoms with Crippen LogP contribution in [0.5, 0.6) is 5.75 Å². The van der Waals surface area contributed by atoms with Crippen molar-refractivity contribution < 1.29 is 9.47 Å². The monoisotopic (exact) mass is 233 g/mol. The van der Waals surface area contributed by atoms with Crippen LogP contribution in [0.15, 0.2) is 18.2 Å². The summed E-state index contributed by atoms with van der Waals surface area (Å²) in [7, 11) is 0. The first-order valence-corrected chi connectivity index (χ1v) is 6.53. The van der Waals surface area contributed by atoms with Crippen LogP contribution in [0.25, 0.3) is 0 Å². The Balaban J connectivity index is 1.70. The van der Waals surface area contributed by atoms with Crippen molar-refractivity contribution in [3.05, 3.63) is 23.8 Å². The third-order valence-corrected chi connectivity index (χ3v) is 3.49. The molecule has 3 heteroatoms. The number of hydrogen-bond donors (Lipinski definition) is 1. The smallest absolute Gasteiger partial charge is 0.121 e. The van der Waals surface area contributed by atoms with Crippen LogP contribution in [0.1, 0.15) is 24.8 Å². The van der Waals surface area contributed by atoms with Crippen molar-refractivity contribution in [2.75, 3.05) is 25.1 Å². The zero-order valence-corrected chi connectivity index (χ0v) is 10.1.